The molecule has 8 heteroatoms. The van der Waals surface area contributed by atoms with Gasteiger partial charge in [0.1, 0.15) is 9.90 Å². The Morgan fingerprint density at radius 1 is 1.38 bits per heavy atom. The predicted octanol–water partition coefficient (Wildman–Crippen LogP) is 1.52. The van der Waals surface area contributed by atoms with Gasteiger partial charge in [-0.3, -0.25) is 9.78 Å². The third kappa shape index (κ3) is 3.05. The molecule has 0 radical (unpaired) electrons. The van der Waals surface area contributed by atoms with Crippen molar-refractivity contribution in [3.8, 4) is 0 Å². The van der Waals surface area contributed by atoms with Crippen LogP contribution in [-0.4, -0.2) is 56.1 Å². The van der Waals surface area contributed by atoms with Crippen LogP contribution in [0.5, 0.6) is 0 Å². The highest BCUT2D eigenvalue weighted by molar-refractivity contribution is 7.92. The average Bonchev–Trinajstić information content (AvgIpc) is 3.09. The van der Waals surface area contributed by atoms with Crippen molar-refractivity contribution in [2.24, 2.45) is 5.92 Å². The van der Waals surface area contributed by atoms with Gasteiger partial charge < -0.3 is 10.2 Å². The normalized spacial score (nSPS) is 26.6. The monoisotopic (exact) mass is 365 g/mol. The Morgan fingerprint density at radius 3 is 2.96 bits per heavy atom. The van der Waals surface area contributed by atoms with Crippen molar-refractivity contribution >= 4 is 37.2 Å². The van der Waals surface area contributed by atoms with Gasteiger partial charge >= 0.3 is 0 Å². The van der Waals surface area contributed by atoms with Crippen LogP contribution < -0.4 is 5.32 Å². The minimum Gasteiger partial charge on any atom is -0.347 e. The summed E-state index contributed by atoms with van der Waals surface area (Å²) in [5.41, 5.74) is 0.345. The molecule has 3 unspecified atom stereocenters. The van der Waals surface area contributed by atoms with Crippen molar-refractivity contribution in [1.82, 2.24) is 15.2 Å². The van der Waals surface area contributed by atoms with E-state index in [0.29, 0.717) is 15.8 Å². The molecule has 2 bridgehead atoms. The minimum absolute atomic E-state index is 0.172. The number of thiophene rings is 1. The van der Waals surface area contributed by atoms with Crippen molar-refractivity contribution in [1.29, 1.82) is 0 Å². The third-order valence-electron chi connectivity index (χ3n) is 4.78. The maximum atomic E-state index is 12.5. The van der Waals surface area contributed by atoms with E-state index < -0.39 is 9.84 Å². The average molecular weight is 365 g/mol. The van der Waals surface area contributed by atoms with Crippen LogP contribution in [0.3, 0.4) is 0 Å². The van der Waals surface area contributed by atoms with Gasteiger partial charge in [0.15, 0.2) is 9.84 Å². The van der Waals surface area contributed by atoms with Crippen molar-refractivity contribution in [3.63, 3.8) is 0 Å². The van der Waals surface area contributed by atoms with Crippen molar-refractivity contribution in [2.75, 3.05) is 25.9 Å². The third-order valence-corrected chi connectivity index (χ3v) is 7.68. The number of rotatable bonds is 3. The molecular weight excluding hydrogens is 346 g/mol. The van der Waals surface area contributed by atoms with Gasteiger partial charge in [-0.15, -0.1) is 11.3 Å². The zero-order valence-corrected chi connectivity index (χ0v) is 15.0. The van der Waals surface area contributed by atoms with E-state index in [1.165, 1.54) is 24.0 Å². The van der Waals surface area contributed by atoms with Crippen LogP contribution >= 0.6 is 11.3 Å². The molecule has 4 rings (SSSR count). The highest BCUT2D eigenvalue weighted by atomic mass is 32.2. The van der Waals surface area contributed by atoms with E-state index >= 15 is 0 Å². The van der Waals surface area contributed by atoms with Gasteiger partial charge in [-0.1, -0.05) is 0 Å². The molecule has 1 N–H and O–H groups in total. The van der Waals surface area contributed by atoms with Gasteiger partial charge in [0.05, 0.1) is 0 Å². The van der Waals surface area contributed by atoms with Crippen molar-refractivity contribution in [3.05, 3.63) is 24.0 Å². The van der Waals surface area contributed by atoms with Crippen LogP contribution in [0.4, 0.5) is 0 Å². The van der Waals surface area contributed by atoms with Gasteiger partial charge in [-0.25, -0.2) is 8.42 Å². The summed E-state index contributed by atoms with van der Waals surface area (Å²) in [4.78, 5) is 19.1. The van der Waals surface area contributed by atoms with Gasteiger partial charge in [0.25, 0.3) is 5.91 Å². The van der Waals surface area contributed by atoms with Gasteiger partial charge in [0.2, 0.25) is 0 Å². The van der Waals surface area contributed by atoms with Gasteiger partial charge in [0, 0.05) is 41.7 Å². The largest absolute Gasteiger partial charge is 0.347 e. The molecule has 3 atom stereocenters. The molecule has 2 aromatic heterocycles. The number of fused-ring (bicyclic) bond motifs is 3. The Balaban J connectivity index is 1.54. The Hall–Kier alpha value is -1.51. The van der Waals surface area contributed by atoms with E-state index in [1.54, 1.807) is 18.3 Å². The fraction of sp³-hybridized carbons (Fsp3) is 0.500. The summed E-state index contributed by atoms with van der Waals surface area (Å²) in [7, 11) is -3.24. The second kappa shape index (κ2) is 5.79. The molecule has 0 saturated carbocycles. The number of carbonyl (C=O) groups excluding carboxylic acids is 1. The fourth-order valence-electron chi connectivity index (χ4n) is 3.64. The first kappa shape index (κ1) is 16.0. The summed E-state index contributed by atoms with van der Waals surface area (Å²) in [5.74, 6) is 0.507. The van der Waals surface area contributed by atoms with Crippen LogP contribution in [0.1, 0.15) is 23.3 Å². The van der Waals surface area contributed by atoms with Gasteiger partial charge in [-0.2, -0.15) is 0 Å². The molecule has 1 amide bonds. The zero-order valence-electron chi connectivity index (χ0n) is 13.4. The second-order valence-electron chi connectivity index (χ2n) is 6.77. The number of pyridine rings is 1. The molecule has 2 aliphatic heterocycles. The second-order valence-corrected chi connectivity index (χ2v) is 10.1. The lowest BCUT2D eigenvalue weighted by Crippen LogP contribution is -2.47. The molecule has 6 nitrogen and oxygen atoms in total. The minimum atomic E-state index is -3.24. The molecule has 2 saturated heterocycles. The topological polar surface area (TPSA) is 79.4 Å². The molecule has 2 fully saturated rings. The van der Waals surface area contributed by atoms with E-state index in [1.807, 2.05) is 0 Å². The molecule has 0 aromatic carbocycles. The maximum Gasteiger partial charge on any atom is 0.270 e. The van der Waals surface area contributed by atoms with E-state index in [2.05, 4.69) is 15.2 Å². The lowest BCUT2D eigenvalue weighted by Gasteiger charge is -2.30. The highest BCUT2D eigenvalue weighted by Gasteiger charge is 2.33. The number of piperidine rings is 1. The van der Waals surface area contributed by atoms with Crippen LogP contribution in [0.15, 0.2) is 22.5 Å². The quantitative estimate of drug-likeness (QED) is 0.892. The zero-order chi connectivity index (χ0) is 16.9. The number of amides is 1. The molecule has 128 valence electrons. The highest BCUT2D eigenvalue weighted by Crippen LogP contribution is 2.29. The maximum absolute atomic E-state index is 12.5. The molecule has 2 aliphatic rings. The van der Waals surface area contributed by atoms with E-state index in [0.717, 1.165) is 36.1 Å². The molecule has 0 spiro atoms. The summed E-state index contributed by atoms with van der Waals surface area (Å²) in [6.45, 7) is 3.19. The molecule has 2 aromatic rings. The van der Waals surface area contributed by atoms with Crippen molar-refractivity contribution < 1.29 is 13.2 Å². The van der Waals surface area contributed by atoms with E-state index in [9.17, 15) is 13.2 Å². The predicted molar refractivity (Wildman–Crippen MR) is 93.1 cm³/mol. The Bertz CT molecular complexity index is 894. The summed E-state index contributed by atoms with van der Waals surface area (Å²) in [6.07, 6.45) is 5.01. The number of carbonyl (C=O) groups is 1. The van der Waals surface area contributed by atoms with Crippen LogP contribution in [0.2, 0.25) is 0 Å². The smallest absolute Gasteiger partial charge is 0.270 e. The Morgan fingerprint density at radius 2 is 2.21 bits per heavy atom. The number of nitrogens with zero attached hydrogens (tertiary/aromatic N) is 2. The van der Waals surface area contributed by atoms with Gasteiger partial charge in [-0.05, 0) is 37.4 Å². The lowest BCUT2D eigenvalue weighted by atomic mass is 9.97. The standard InChI is InChI=1S/C16H19N3O3S2/c1-24(21,22)15-5-11-7-17-13(6-14(11)23-15)16(20)18-12-4-10-2-3-19(8-10)9-12/h5-7,10,12H,2-4,8-9H2,1H3,(H,18,20). The first-order valence-corrected chi connectivity index (χ1v) is 10.7. The summed E-state index contributed by atoms with van der Waals surface area (Å²) in [6, 6.07) is 3.46. The summed E-state index contributed by atoms with van der Waals surface area (Å²) < 4.78 is 24.4. The number of nitrogens with one attached hydrogen (secondary N) is 1. The summed E-state index contributed by atoms with van der Waals surface area (Å²) in [5, 5.41) is 3.83. The van der Waals surface area contributed by atoms with E-state index in [4.69, 9.17) is 0 Å². The van der Waals surface area contributed by atoms with E-state index in [-0.39, 0.29) is 11.9 Å². The van der Waals surface area contributed by atoms with Crippen LogP contribution in [0, 0.1) is 5.92 Å². The van der Waals surface area contributed by atoms with Crippen LogP contribution in [-0.2, 0) is 9.84 Å². The van der Waals surface area contributed by atoms with Crippen LogP contribution in [0.25, 0.3) is 10.1 Å². The molecule has 4 heterocycles. The number of sulfone groups is 1. The molecule has 0 aliphatic carbocycles. The van der Waals surface area contributed by atoms with Crippen molar-refractivity contribution in [2.45, 2.75) is 23.1 Å². The molecular formula is C16H19N3O3S2. The Labute approximate surface area is 144 Å². The number of hydrogen-bond donors (Lipinski definition) is 1. The first-order valence-electron chi connectivity index (χ1n) is 8.01. The first-order chi connectivity index (χ1) is 11.4. The molecule has 24 heavy (non-hydrogen) atoms. The lowest BCUT2D eigenvalue weighted by molar-refractivity contribution is 0.0904. The SMILES string of the molecule is CS(=O)(=O)c1cc2cnc(C(=O)NC3CC4CCN(C4)C3)cc2s1. The Kier molecular flexibility index (Phi) is 3.85. The summed E-state index contributed by atoms with van der Waals surface area (Å²) >= 11 is 1.18. The number of aromatic nitrogens is 1. The number of hydrogen-bond acceptors (Lipinski definition) is 6. The fourth-order valence-corrected chi connectivity index (χ4v) is 5.66.